The minimum Gasteiger partial charge on any atom is -0.461 e. The van der Waals surface area contributed by atoms with Gasteiger partial charge in [0.15, 0.2) is 0 Å². The van der Waals surface area contributed by atoms with Gasteiger partial charge in [0, 0.05) is 22.5 Å². The molecule has 4 aromatic rings. The van der Waals surface area contributed by atoms with E-state index in [1.807, 2.05) is 30.3 Å². The number of esters is 1. The number of carbonyl (C=O) groups excluding carboxylic acids is 1. The van der Waals surface area contributed by atoms with Crippen molar-refractivity contribution in [3.8, 4) is 11.1 Å². The second-order valence-electron chi connectivity index (χ2n) is 5.90. The lowest BCUT2D eigenvalue weighted by Gasteiger charge is -2.06. The molecular formula is C21H17N3O2. The molecule has 0 bridgehead atoms. The molecule has 0 aliphatic rings. The summed E-state index contributed by atoms with van der Waals surface area (Å²) in [5.74, 6) is -0.482. The lowest BCUT2D eigenvalue weighted by Crippen LogP contribution is -2.08. The number of ether oxygens (including phenoxy) is 1. The predicted molar refractivity (Wildman–Crippen MR) is 103 cm³/mol. The van der Waals surface area contributed by atoms with Crippen LogP contribution in [0.5, 0.6) is 0 Å². The van der Waals surface area contributed by atoms with Crippen LogP contribution in [0.2, 0.25) is 0 Å². The van der Waals surface area contributed by atoms with Gasteiger partial charge in [0.2, 0.25) is 0 Å². The summed E-state index contributed by atoms with van der Waals surface area (Å²) in [5, 5.41) is 9.56. The Morgan fingerprint density at radius 3 is 2.73 bits per heavy atom. The van der Waals surface area contributed by atoms with Gasteiger partial charge in [-0.15, -0.1) is 0 Å². The normalized spacial score (nSPS) is 11.0. The van der Waals surface area contributed by atoms with Gasteiger partial charge in [-0.2, -0.15) is 0 Å². The molecule has 0 atom stereocenters. The van der Waals surface area contributed by atoms with Crippen LogP contribution in [0.15, 0.2) is 54.6 Å². The van der Waals surface area contributed by atoms with E-state index in [9.17, 15) is 4.79 Å². The highest BCUT2D eigenvalue weighted by Crippen LogP contribution is 2.35. The van der Waals surface area contributed by atoms with Crippen LogP contribution in [0.25, 0.3) is 32.9 Å². The highest BCUT2D eigenvalue weighted by Gasteiger charge is 2.17. The Balaban J connectivity index is 2.07. The van der Waals surface area contributed by atoms with E-state index in [1.165, 1.54) is 0 Å². The van der Waals surface area contributed by atoms with E-state index < -0.39 is 5.97 Å². The van der Waals surface area contributed by atoms with Crippen molar-refractivity contribution in [2.45, 2.75) is 6.92 Å². The second kappa shape index (κ2) is 6.44. The maximum Gasteiger partial charge on any atom is 0.356 e. The Bertz CT molecular complexity index is 1130. The summed E-state index contributed by atoms with van der Waals surface area (Å²) < 4.78 is 5.09. The fourth-order valence-electron chi connectivity index (χ4n) is 3.25. The van der Waals surface area contributed by atoms with Crippen LogP contribution >= 0.6 is 0 Å². The molecular weight excluding hydrogens is 326 g/mol. The first-order valence-electron chi connectivity index (χ1n) is 8.41. The SMILES string of the molecule is CCOC(=O)c1cc2c([nH]c3cccc(-c4ccccc4)c32)c(C=N)n1. The van der Waals surface area contributed by atoms with Crippen molar-refractivity contribution in [2.24, 2.45) is 0 Å². The molecule has 2 N–H and O–H groups in total. The zero-order chi connectivity index (χ0) is 18.1. The first kappa shape index (κ1) is 16.0. The van der Waals surface area contributed by atoms with Gasteiger partial charge in [-0.1, -0.05) is 42.5 Å². The minimum absolute atomic E-state index is 0.210. The number of H-pyrrole nitrogens is 1. The average Bonchev–Trinajstić information content (AvgIpc) is 3.07. The number of aromatic amines is 1. The van der Waals surface area contributed by atoms with Crippen LogP contribution in [-0.2, 0) is 4.74 Å². The number of nitrogens with zero attached hydrogens (tertiary/aromatic N) is 1. The van der Waals surface area contributed by atoms with Crippen molar-refractivity contribution < 1.29 is 9.53 Å². The highest BCUT2D eigenvalue weighted by atomic mass is 16.5. The number of hydrogen-bond acceptors (Lipinski definition) is 4. The summed E-state index contributed by atoms with van der Waals surface area (Å²) in [4.78, 5) is 19.8. The fraction of sp³-hybridized carbons (Fsp3) is 0.0952. The van der Waals surface area contributed by atoms with Crippen LogP contribution in [-0.4, -0.2) is 28.8 Å². The number of fused-ring (bicyclic) bond motifs is 3. The predicted octanol–water partition coefficient (Wildman–Crippen LogP) is 4.56. The van der Waals surface area contributed by atoms with Crippen molar-refractivity contribution in [2.75, 3.05) is 6.61 Å². The molecule has 0 saturated heterocycles. The van der Waals surface area contributed by atoms with E-state index >= 15 is 0 Å². The van der Waals surface area contributed by atoms with Crippen molar-refractivity contribution in [1.29, 1.82) is 5.41 Å². The largest absolute Gasteiger partial charge is 0.461 e. The molecule has 0 fully saturated rings. The molecule has 128 valence electrons. The molecule has 0 unspecified atom stereocenters. The molecule has 0 amide bonds. The molecule has 4 rings (SSSR count). The molecule has 26 heavy (non-hydrogen) atoms. The van der Waals surface area contributed by atoms with Crippen molar-refractivity contribution in [3.05, 3.63) is 66.0 Å². The minimum atomic E-state index is -0.482. The van der Waals surface area contributed by atoms with E-state index in [1.54, 1.807) is 13.0 Å². The van der Waals surface area contributed by atoms with Crippen LogP contribution in [0.1, 0.15) is 23.1 Å². The fourth-order valence-corrected chi connectivity index (χ4v) is 3.25. The highest BCUT2D eigenvalue weighted by molar-refractivity contribution is 6.17. The Morgan fingerprint density at radius 2 is 2.00 bits per heavy atom. The molecule has 0 aliphatic heterocycles. The van der Waals surface area contributed by atoms with Gasteiger partial charge >= 0.3 is 5.97 Å². The van der Waals surface area contributed by atoms with Crippen LogP contribution in [0.3, 0.4) is 0 Å². The second-order valence-corrected chi connectivity index (χ2v) is 5.90. The van der Waals surface area contributed by atoms with E-state index in [0.717, 1.165) is 39.1 Å². The zero-order valence-electron chi connectivity index (χ0n) is 14.2. The van der Waals surface area contributed by atoms with Crippen LogP contribution in [0, 0.1) is 5.41 Å². The Hall–Kier alpha value is -3.47. The quantitative estimate of drug-likeness (QED) is 0.421. The number of rotatable bonds is 4. The van der Waals surface area contributed by atoms with Gasteiger partial charge in [0.25, 0.3) is 0 Å². The van der Waals surface area contributed by atoms with E-state index in [0.29, 0.717) is 5.69 Å². The van der Waals surface area contributed by atoms with Gasteiger partial charge in [0.05, 0.1) is 12.1 Å². The molecule has 0 saturated carbocycles. The zero-order valence-corrected chi connectivity index (χ0v) is 14.2. The molecule has 0 radical (unpaired) electrons. The third-order valence-electron chi connectivity index (χ3n) is 4.35. The smallest absolute Gasteiger partial charge is 0.356 e. The van der Waals surface area contributed by atoms with Gasteiger partial charge in [0.1, 0.15) is 11.4 Å². The summed E-state index contributed by atoms with van der Waals surface area (Å²) in [6.45, 7) is 2.04. The monoisotopic (exact) mass is 343 g/mol. The first-order chi connectivity index (χ1) is 12.7. The number of nitrogens with one attached hydrogen (secondary N) is 2. The third-order valence-corrected chi connectivity index (χ3v) is 4.35. The standard InChI is InChI=1S/C21H17N3O2/c1-2-26-21(25)17-11-15-19-14(13-7-4-3-5-8-13)9-6-10-16(19)24-20(15)18(12-22)23-17/h3-12,22,24H,2H2,1H3. The number of benzene rings is 2. The van der Waals surface area contributed by atoms with Crippen LogP contribution in [0.4, 0.5) is 0 Å². The topological polar surface area (TPSA) is 78.8 Å². The number of pyridine rings is 1. The van der Waals surface area contributed by atoms with Gasteiger partial charge < -0.3 is 15.1 Å². The van der Waals surface area contributed by atoms with Crippen molar-refractivity contribution >= 4 is 34.0 Å². The van der Waals surface area contributed by atoms with Gasteiger partial charge in [-0.25, -0.2) is 9.78 Å². The lowest BCUT2D eigenvalue weighted by atomic mass is 9.99. The van der Waals surface area contributed by atoms with Gasteiger partial charge in [-0.3, -0.25) is 0 Å². The third kappa shape index (κ3) is 2.54. The Morgan fingerprint density at radius 1 is 1.19 bits per heavy atom. The molecule has 2 aromatic heterocycles. The molecule has 0 aliphatic carbocycles. The molecule has 5 heteroatoms. The molecule has 0 spiro atoms. The molecule has 5 nitrogen and oxygen atoms in total. The number of hydrogen-bond donors (Lipinski definition) is 2. The first-order valence-corrected chi connectivity index (χ1v) is 8.41. The van der Waals surface area contributed by atoms with E-state index in [-0.39, 0.29) is 12.3 Å². The van der Waals surface area contributed by atoms with Crippen molar-refractivity contribution in [1.82, 2.24) is 9.97 Å². The summed E-state index contributed by atoms with van der Waals surface area (Å²) >= 11 is 0. The van der Waals surface area contributed by atoms with E-state index in [4.69, 9.17) is 10.1 Å². The summed E-state index contributed by atoms with van der Waals surface area (Å²) in [6.07, 6.45) is 1.16. The van der Waals surface area contributed by atoms with Crippen molar-refractivity contribution in [3.63, 3.8) is 0 Å². The summed E-state index contributed by atoms with van der Waals surface area (Å²) in [5.41, 5.74) is 4.46. The van der Waals surface area contributed by atoms with Gasteiger partial charge in [-0.05, 0) is 30.2 Å². The summed E-state index contributed by atoms with van der Waals surface area (Å²) in [7, 11) is 0. The van der Waals surface area contributed by atoms with Crippen LogP contribution < -0.4 is 0 Å². The Kier molecular flexibility index (Phi) is 3.97. The lowest BCUT2D eigenvalue weighted by molar-refractivity contribution is 0.0519. The molecule has 2 aromatic carbocycles. The summed E-state index contributed by atoms with van der Waals surface area (Å²) in [6, 6.07) is 17.9. The Labute approximate surface area is 150 Å². The maximum absolute atomic E-state index is 12.2. The average molecular weight is 343 g/mol. The number of carbonyl (C=O) groups is 1. The maximum atomic E-state index is 12.2. The van der Waals surface area contributed by atoms with E-state index in [2.05, 4.69) is 28.2 Å². The molecule has 2 heterocycles. The number of aromatic nitrogens is 2.